The van der Waals surface area contributed by atoms with Gasteiger partial charge in [-0.3, -0.25) is 9.48 Å². The smallest absolute Gasteiger partial charge is 0.323 e. The predicted octanol–water partition coefficient (Wildman–Crippen LogP) is 2.76. The molecule has 0 saturated carbocycles. The first-order valence-corrected chi connectivity index (χ1v) is 7.17. The molecule has 0 aliphatic heterocycles. The fourth-order valence-corrected chi connectivity index (χ4v) is 2.39. The van der Waals surface area contributed by atoms with Gasteiger partial charge in [0.2, 0.25) is 0 Å². The number of methoxy groups -OCH3 is 1. The minimum absolute atomic E-state index is 0.00711. The number of primary amides is 1. The molecule has 0 aliphatic carbocycles. The van der Waals surface area contributed by atoms with Gasteiger partial charge in [0, 0.05) is 12.1 Å². The molecule has 0 aliphatic rings. The highest BCUT2D eigenvalue weighted by atomic mass is 35.5. The van der Waals surface area contributed by atoms with Crippen molar-refractivity contribution in [1.29, 1.82) is 0 Å². The number of rotatable bonds is 5. The number of benzene rings is 1. The Hall–Kier alpha value is -2.88. The van der Waals surface area contributed by atoms with Crippen LogP contribution in [0.25, 0.3) is 0 Å². The molecule has 11 heteroatoms. The molecule has 0 radical (unpaired) electrons. The van der Waals surface area contributed by atoms with E-state index in [0.29, 0.717) is 0 Å². The average molecular weight is 374 g/mol. The van der Waals surface area contributed by atoms with Crippen LogP contribution in [0.5, 0.6) is 5.75 Å². The largest absolute Gasteiger partial charge is 0.494 e. The van der Waals surface area contributed by atoms with Gasteiger partial charge in [-0.2, -0.15) is 5.10 Å². The van der Waals surface area contributed by atoms with E-state index in [1.807, 2.05) is 0 Å². The van der Waals surface area contributed by atoms with Gasteiger partial charge in [-0.15, -0.1) is 0 Å². The van der Waals surface area contributed by atoms with Crippen molar-refractivity contribution in [2.75, 3.05) is 17.7 Å². The topological polar surface area (TPSA) is 111 Å². The number of hydrogen-bond acceptors (Lipinski definition) is 4. The number of nitrogens with two attached hydrogens (primary N) is 1. The van der Waals surface area contributed by atoms with Crippen LogP contribution in [-0.2, 0) is 7.05 Å². The van der Waals surface area contributed by atoms with Gasteiger partial charge in [0.05, 0.1) is 30.2 Å². The lowest BCUT2D eigenvalue weighted by Crippen LogP contribution is -2.21. The first-order chi connectivity index (χ1) is 11.7. The Morgan fingerprint density at radius 3 is 2.52 bits per heavy atom. The fourth-order valence-electron chi connectivity index (χ4n) is 2.17. The second-order valence-electron chi connectivity index (χ2n) is 4.85. The van der Waals surface area contributed by atoms with Gasteiger partial charge in [-0.25, -0.2) is 13.6 Å². The number of carbonyl (C=O) groups is 2. The van der Waals surface area contributed by atoms with Crippen LogP contribution in [0.4, 0.5) is 25.0 Å². The SMILES string of the molecule is COc1c(NC(=O)Nc2cnn(C)c2C(F)F)cc(Cl)cc1C(N)=O. The van der Waals surface area contributed by atoms with Crippen LogP contribution in [-0.4, -0.2) is 28.8 Å². The number of amides is 3. The van der Waals surface area contributed by atoms with Crippen molar-refractivity contribution in [2.24, 2.45) is 12.8 Å². The number of urea groups is 1. The molecule has 25 heavy (non-hydrogen) atoms. The second kappa shape index (κ2) is 7.34. The molecule has 1 heterocycles. The maximum atomic E-state index is 13.0. The molecular weight excluding hydrogens is 360 g/mol. The summed E-state index contributed by atoms with van der Waals surface area (Å²) in [7, 11) is 2.60. The van der Waals surface area contributed by atoms with Gasteiger partial charge in [0.1, 0.15) is 5.69 Å². The summed E-state index contributed by atoms with van der Waals surface area (Å²) in [5.41, 5.74) is 4.63. The highest BCUT2D eigenvalue weighted by molar-refractivity contribution is 6.31. The minimum atomic E-state index is -2.83. The van der Waals surface area contributed by atoms with E-state index in [1.165, 1.54) is 26.3 Å². The number of aryl methyl sites for hydroxylation is 1. The Morgan fingerprint density at radius 1 is 1.32 bits per heavy atom. The zero-order valence-corrected chi connectivity index (χ0v) is 13.9. The van der Waals surface area contributed by atoms with Crippen molar-refractivity contribution in [3.63, 3.8) is 0 Å². The summed E-state index contributed by atoms with van der Waals surface area (Å²) in [6.07, 6.45) is -1.74. The molecule has 0 spiro atoms. The summed E-state index contributed by atoms with van der Waals surface area (Å²) in [5.74, 6) is -0.817. The lowest BCUT2D eigenvalue weighted by molar-refractivity contribution is 0.0997. The molecule has 0 saturated heterocycles. The Bertz CT molecular complexity index is 825. The number of hydrogen-bond donors (Lipinski definition) is 3. The molecule has 4 N–H and O–H groups in total. The highest BCUT2D eigenvalue weighted by Gasteiger charge is 2.21. The van der Waals surface area contributed by atoms with Crippen LogP contribution >= 0.6 is 11.6 Å². The average Bonchev–Trinajstić information content (AvgIpc) is 2.87. The zero-order chi connectivity index (χ0) is 18.7. The van der Waals surface area contributed by atoms with Crippen LogP contribution in [0.3, 0.4) is 0 Å². The lowest BCUT2D eigenvalue weighted by Gasteiger charge is -2.14. The number of alkyl halides is 2. The Balaban J connectivity index is 2.28. The first kappa shape index (κ1) is 18.5. The van der Waals surface area contributed by atoms with Crippen molar-refractivity contribution in [1.82, 2.24) is 9.78 Å². The van der Waals surface area contributed by atoms with E-state index < -0.39 is 24.1 Å². The van der Waals surface area contributed by atoms with Crippen LogP contribution in [0, 0.1) is 0 Å². The number of aromatic nitrogens is 2. The molecule has 3 amide bonds. The molecule has 134 valence electrons. The van der Waals surface area contributed by atoms with E-state index in [4.69, 9.17) is 22.1 Å². The van der Waals surface area contributed by atoms with Crippen molar-refractivity contribution in [3.05, 3.63) is 34.6 Å². The van der Waals surface area contributed by atoms with E-state index in [1.54, 1.807) is 0 Å². The first-order valence-electron chi connectivity index (χ1n) is 6.80. The van der Waals surface area contributed by atoms with E-state index >= 15 is 0 Å². The fraction of sp³-hybridized carbons (Fsp3) is 0.214. The van der Waals surface area contributed by atoms with E-state index in [2.05, 4.69) is 15.7 Å². The molecule has 1 aromatic heterocycles. The number of halogens is 3. The molecule has 2 aromatic rings. The zero-order valence-electron chi connectivity index (χ0n) is 13.1. The Labute approximate surface area is 145 Å². The summed E-state index contributed by atoms with van der Waals surface area (Å²) in [6, 6.07) is 1.75. The van der Waals surface area contributed by atoms with Crippen LogP contribution in [0.2, 0.25) is 5.02 Å². The Kier molecular flexibility index (Phi) is 5.42. The van der Waals surface area contributed by atoms with Crippen LogP contribution in [0.15, 0.2) is 18.3 Å². The third-order valence-electron chi connectivity index (χ3n) is 3.21. The molecule has 1 aromatic carbocycles. The number of nitrogens with one attached hydrogen (secondary N) is 2. The van der Waals surface area contributed by atoms with Crippen LogP contribution < -0.4 is 21.1 Å². The molecule has 2 rings (SSSR count). The minimum Gasteiger partial charge on any atom is -0.494 e. The maximum Gasteiger partial charge on any atom is 0.323 e. The Morgan fingerprint density at radius 2 is 1.96 bits per heavy atom. The van der Waals surface area contributed by atoms with Crippen molar-refractivity contribution < 1.29 is 23.1 Å². The lowest BCUT2D eigenvalue weighted by atomic mass is 10.1. The molecular formula is C14H14ClF2N5O3. The standard InChI is InChI=1S/C14H14ClF2N5O3/c1-22-10(12(16)17)9(5-19-22)21-14(24)20-8-4-6(15)3-7(13(18)23)11(8)25-2/h3-5,12H,1-2H3,(H2,18,23)(H2,20,21,24). The van der Waals surface area contributed by atoms with Crippen molar-refractivity contribution in [2.45, 2.75) is 6.43 Å². The van der Waals surface area contributed by atoms with Gasteiger partial charge < -0.3 is 21.1 Å². The molecule has 0 unspecified atom stereocenters. The monoisotopic (exact) mass is 373 g/mol. The highest BCUT2D eigenvalue weighted by Crippen LogP contribution is 2.33. The van der Waals surface area contributed by atoms with Crippen LogP contribution in [0.1, 0.15) is 22.5 Å². The second-order valence-corrected chi connectivity index (χ2v) is 5.28. The summed E-state index contributed by atoms with van der Waals surface area (Å²) in [6.45, 7) is 0. The van der Waals surface area contributed by atoms with Gasteiger partial charge in [-0.1, -0.05) is 11.6 Å². The van der Waals surface area contributed by atoms with Gasteiger partial charge >= 0.3 is 6.03 Å². The van der Waals surface area contributed by atoms with Gasteiger partial charge in [0.15, 0.2) is 5.75 Å². The van der Waals surface area contributed by atoms with E-state index in [0.717, 1.165) is 10.9 Å². The number of carbonyl (C=O) groups excluding carboxylic acids is 2. The number of nitrogens with zero attached hydrogens (tertiary/aromatic N) is 2. The molecule has 0 bridgehead atoms. The third kappa shape index (κ3) is 3.97. The predicted molar refractivity (Wildman–Crippen MR) is 87.3 cm³/mol. The third-order valence-corrected chi connectivity index (χ3v) is 3.43. The number of ether oxygens (including phenoxy) is 1. The van der Waals surface area contributed by atoms with E-state index in [-0.39, 0.29) is 27.7 Å². The normalized spacial score (nSPS) is 10.6. The summed E-state index contributed by atoms with van der Waals surface area (Å²) in [4.78, 5) is 23.6. The summed E-state index contributed by atoms with van der Waals surface area (Å²) < 4.78 is 32.0. The molecule has 0 fully saturated rings. The van der Waals surface area contributed by atoms with E-state index in [9.17, 15) is 18.4 Å². The van der Waals surface area contributed by atoms with Crippen molar-refractivity contribution >= 4 is 34.9 Å². The summed E-state index contributed by atoms with van der Waals surface area (Å²) >= 11 is 5.89. The quantitative estimate of drug-likeness (QED) is 0.748. The summed E-state index contributed by atoms with van der Waals surface area (Å²) in [5, 5.41) is 8.42. The van der Waals surface area contributed by atoms with Gasteiger partial charge in [-0.05, 0) is 12.1 Å². The number of anilines is 2. The van der Waals surface area contributed by atoms with Crippen molar-refractivity contribution in [3.8, 4) is 5.75 Å². The molecule has 8 nitrogen and oxygen atoms in total. The van der Waals surface area contributed by atoms with Gasteiger partial charge in [0.25, 0.3) is 12.3 Å². The maximum absolute atomic E-state index is 13.0. The molecule has 0 atom stereocenters.